The van der Waals surface area contributed by atoms with Gasteiger partial charge in [0.2, 0.25) is 0 Å². The minimum Gasteiger partial charge on any atom is -0.299 e. The van der Waals surface area contributed by atoms with Crippen LogP contribution in [-0.2, 0) is 4.79 Å². The molecule has 8 unspecified atom stereocenters. The second kappa shape index (κ2) is 1.83. The lowest BCUT2D eigenvalue weighted by atomic mass is 9.70. The summed E-state index contributed by atoms with van der Waals surface area (Å²) in [5.74, 6) is 8.31. The molecule has 1 heteroatoms. The van der Waals surface area contributed by atoms with Crippen LogP contribution < -0.4 is 0 Å². The highest BCUT2D eigenvalue weighted by Gasteiger charge is 2.80. The minimum atomic E-state index is 0.562. The molecule has 1 nitrogen and oxygen atoms in total. The predicted molar refractivity (Wildman–Crippen MR) is 51.4 cm³/mol. The molecule has 6 fully saturated rings. The molecule has 74 valence electrons. The summed E-state index contributed by atoms with van der Waals surface area (Å²) in [7, 11) is 0. The molecule has 0 radical (unpaired) electrons. The van der Waals surface area contributed by atoms with Gasteiger partial charge in [0, 0.05) is 12.3 Å². The van der Waals surface area contributed by atoms with E-state index in [0.717, 1.165) is 47.8 Å². The summed E-state index contributed by atoms with van der Waals surface area (Å²) < 4.78 is 0. The van der Waals surface area contributed by atoms with Gasteiger partial charge in [0.15, 0.2) is 0 Å². The normalized spacial score (nSPS) is 71.3. The van der Waals surface area contributed by atoms with Gasteiger partial charge in [-0.15, -0.1) is 0 Å². The van der Waals surface area contributed by atoms with E-state index in [9.17, 15) is 4.79 Å². The standard InChI is InChI=1S/C13H16O/c14-8-3-1-2-5-9-6-4-7-11(9)13(7)12(6)10(5)8/h5-7,9-13H,1-4H2. The molecule has 6 bridgehead atoms. The van der Waals surface area contributed by atoms with Crippen molar-refractivity contribution >= 4 is 5.78 Å². The van der Waals surface area contributed by atoms with Gasteiger partial charge < -0.3 is 0 Å². The highest BCUT2D eigenvalue weighted by atomic mass is 16.1. The fourth-order valence-electron chi connectivity index (χ4n) is 6.42. The molecule has 14 heavy (non-hydrogen) atoms. The van der Waals surface area contributed by atoms with Crippen molar-refractivity contribution in [3.8, 4) is 0 Å². The molecule has 0 N–H and O–H groups in total. The Morgan fingerprint density at radius 1 is 0.929 bits per heavy atom. The van der Waals surface area contributed by atoms with Gasteiger partial charge in [-0.2, -0.15) is 0 Å². The van der Waals surface area contributed by atoms with Crippen LogP contribution in [0.2, 0.25) is 0 Å². The van der Waals surface area contributed by atoms with Crippen molar-refractivity contribution < 1.29 is 4.79 Å². The SMILES string of the molecule is O=C1CCCC2C1C1C3CC4C(C23)C41. The van der Waals surface area contributed by atoms with E-state index >= 15 is 0 Å². The maximum Gasteiger partial charge on any atom is 0.136 e. The van der Waals surface area contributed by atoms with Crippen molar-refractivity contribution in [3.63, 3.8) is 0 Å². The lowest BCUT2D eigenvalue weighted by Crippen LogP contribution is -2.34. The fraction of sp³-hybridized carbons (Fsp3) is 0.923. The van der Waals surface area contributed by atoms with Gasteiger partial charge in [0.05, 0.1) is 0 Å². The molecule has 6 aliphatic rings. The zero-order chi connectivity index (χ0) is 9.02. The van der Waals surface area contributed by atoms with Crippen molar-refractivity contribution in [2.75, 3.05) is 0 Å². The molecule has 0 spiro atoms. The first kappa shape index (κ1) is 7.03. The Morgan fingerprint density at radius 3 is 2.57 bits per heavy atom. The quantitative estimate of drug-likeness (QED) is 0.569. The highest BCUT2D eigenvalue weighted by Crippen LogP contribution is 2.84. The van der Waals surface area contributed by atoms with E-state index in [-0.39, 0.29) is 0 Å². The molecule has 6 saturated carbocycles. The number of hydrogen-bond donors (Lipinski definition) is 0. The van der Waals surface area contributed by atoms with Crippen LogP contribution in [-0.4, -0.2) is 5.78 Å². The maximum atomic E-state index is 12.0. The smallest absolute Gasteiger partial charge is 0.136 e. The monoisotopic (exact) mass is 188 g/mol. The average molecular weight is 188 g/mol. The number of fused-ring (bicyclic) bond motifs is 1. The molecule has 6 aliphatic carbocycles. The van der Waals surface area contributed by atoms with Crippen LogP contribution in [0.25, 0.3) is 0 Å². The average Bonchev–Trinajstić information content (AvgIpc) is 2.59. The molecule has 0 aromatic carbocycles. The van der Waals surface area contributed by atoms with Gasteiger partial charge in [-0.1, -0.05) is 0 Å². The molecule has 0 saturated heterocycles. The summed E-state index contributed by atoms with van der Waals surface area (Å²) in [6.07, 6.45) is 5.03. The van der Waals surface area contributed by atoms with Crippen molar-refractivity contribution in [1.29, 1.82) is 0 Å². The van der Waals surface area contributed by atoms with Crippen LogP contribution in [0.4, 0.5) is 0 Å². The number of carbonyl (C=O) groups is 1. The van der Waals surface area contributed by atoms with E-state index < -0.39 is 0 Å². The molecule has 6 rings (SSSR count). The summed E-state index contributed by atoms with van der Waals surface area (Å²) in [6.45, 7) is 0. The molecular formula is C13H16O. The Hall–Kier alpha value is -0.330. The Balaban J connectivity index is 1.67. The lowest BCUT2D eigenvalue weighted by molar-refractivity contribution is -0.128. The number of hydrogen-bond acceptors (Lipinski definition) is 1. The van der Waals surface area contributed by atoms with Gasteiger partial charge in [-0.05, 0) is 60.7 Å². The summed E-state index contributed by atoms with van der Waals surface area (Å²) >= 11 is 0. The second-order valence-corrected chi connectivity index (χ2v) is 6.42. The van der Waals surface area contributed by atoms with Gasteiger partial charge in [-0.3, -0.25) is 4.79 Å². The van der Waals surface area contributed by atoms with E-state index in [1.54, 1.807) is 0 Å². The third kappa shape index (κ3) is 0.498. The van der Waals surface area contributed by atoms with Gasteiger partial charge in [0.1, 0.15) is 5.78 Å². The lowest BCUT2D eigenvalue weighted by Gasteiger charge is -2.33. The third-order valence-corrected chi connectivity index (χ3v) is 6.42. The molecule has 0 aromatic heterocycles. The Kier molecular flexibility index (Phi) is 0.921. The molecule has 0 amide bonds. The van der Waals surface area contributed by atoms with Crippen LogP contribution in [0.1, 0.15) is 25.7 Å². The number of Topliss-reactive ketones (excluding diaryl/α,β-unsaturated/α-hetero) is 1. The number of carbonyl (C=O) groups excluding carboxylic acids is 1. The van der Waals surface area contributed by atoms with Crippen LogP contribution in [0.15, 0.2) is 0 Å². The van der Waals surface area contributed by atoms with E-state index in [1.165, 1.54) is 19.3 Å². The molecule has 0 aliphatic heterocycles. The van der Waals surface area contributed by atoms with E-state index in [1.807, 2.05) is 0 Å². The number of rotatable bonds is 0. The van der Waals surface area contributed by atoms with Gasteiger partial charge in [-0.25, -0.2) is 0 Å². The second-order valence-electron chi connectivity index (χ2n) is 6.42. The minimum absolute atomic E-state index is 0.562. The number of ketones is 1. The van der Waals surface area contributed by atoms with E-state index in [0.29, 0.717) is 11.7 Å². The summed E-state index contributed by atoms with van der Waals surface area (Å²) in [5, 5.41) is 0. The van der Waals surface area contributed by atoms with Crippen LogP contribution in [0, 0.1) is 47.3 Å². The van der Waals surface area contributed by atoms with Crippen LogP contribution >= 0.6 is 0 Å². The summed E-state index contributed by atoms with van der Waals surface area (Å²) in [5.41, 5.74) is 0. The highest BCUT2D eigenvalue weighted by molar-refractivity contribution is 5.83. The van der Waals surface area contributed by atoms with Gasteiger partial charge in [0.25, 0.3) is 0 Å². The molecule has 0 heterocycles. The first-order chi connectivity index (χ1) is 6.88. The van der Waals surface area contributed by atoms with E-state index in [4.69, 9.17) is 0 Å². The Bertz CT molecular complexity index is 347. The molecular weight excluding hydrogens is 172 g/mol. The zero-order valence-electron chi connectivity index (χ0n) is 8.36. The maximum absolute atomic E-state index is 12.0. The topological polar surface area (TPSA) is 17.1 Å². The third-order valence-electron chi connectivity index (χ3n) is 6.42. The largest absolute Gasteiger partial charge is 0.299 e. The van der Waals surface area contributed by atoms with Gasteiger partial charge >= 0.3 is 0 Å². The summed E-state index contributed by atoms with van der Waals surface area (Å²) in [4.78, 5) is 12.0. The van der Waals surface area contributed by atoms with Crippen molar-refractivity contribution in [2.24, 2.45) is 47.3 Å². The van der Waals surface area contributed by atoms with Crippen molar-refractivity contribution in [3.05, 3.63) is 0 Å². The predicted octanol–water partition coefficient (Wildman–Crippen LogP) is 2.11. The van der Waals surface area contributed by atoms with Crippen molar-refractivity contribution in [2.45, 2.75) is 25.7 Å². The van der Waals surface area contributed by atoms with Crippen LogP contribution in [0.5, 0.6) is 0 Å². The Morgan fingerprint density at radius 2 is 1.71 bits per heavy atom. The molecule has 0 aromatic rings. The Labute approximate surface area is 84.3 Å². The first-order valence-corrected chi connectivity index (χ1v) is 6.40. The zero-order valence-corrected chi connectivity index (χ0v) is 8.36. The first-order valence-electron chi connectivity index (χ1n) is 6.40. The molecule has 8 atom stereocenters. The summed E-state index contributed by atoms with van der Waals surface area (Å²) in [6, 6.07) is 0. The van der Waals surface area contributed by atoms with E-state index in [2.05, 4.69) is 0 Å². The fourth-order valence-corrected chi connectivity index (χ4v) is 6.42. The van der Waals surface area contributed by atoms with Crippen LogP contribution in [0.3, 0.4) is 0 Å². The van der Waals surface area contributed by atoms with Crippen molar-refractivity contribution in [1.82, 2.24) is 0 Å².